The lowest BCUT2D eigenvalue weighted by Gasteiger charge is -2.02. The molecule has 2 aromatic carbocycles. The molecular weight excluding hydrogens is 201 g/mol. The molecule has 0 amide bonds. The molecule has 2 rings (SSSR count). The first-order valence-corrected chi connectivity index (χ1v) is 4.29. The minimum Gasteiger partial charge on any atom is -0.204 e. The molecule has 0 fully saturated rings. The van der Waals surface area contributed by atoms with Crippen LogP contribution in [-0.4, -0.2) is 0 Å². The average Bonchev–Trinajstić information content (AvgIpc) is 2.26. The van der Waals surface area contributed by atoms with Crippen LogP contribution in [0.25, 0.3) is 11.1 Å². The van der Waals surface area contributed by atoms with Gasteiger partial charge in [-0.1, -0.05) is 24.3 Å². The van der Waals surface area contributed by atoms with Gasteiger partial charge in [0, 0.05) is 0 Å². The summed E-state index contributed by atoms with van der Waals surface area (Å²) in [7, 11) is 0. The van der Waals surface area contributed by atoms with Crippen LogP contribution in [0, 0.1) is 23.5 Å². The normalized spacial score (nSPS) is 10.3. The summed E-state index contributed by atoms with van der Waals surface area (Å²) in [6.45, 7) is 0. The zero-order chi connectivity index (χ0) is 10.8. The molecule has 0 aliphatic rings. The van der Waals surface area contributed by atoms with Crippen molar-refractivity contribution in [1.29, 1.82) is 0 Å². The Morgan fingerprint density at radius 3 is 1.87 bits per heavy atom. The third kappa shape index (κ3) is 1.86. The smallest absolute Gasteiger partial charge is 0.194 e. The highest BCUT2D eigenvalue weighted by Crippen LogP contribution is 2.23. The zero-order valence-electron chi connectivity index (χ0n) is 7.60. The molecule has 0 unspecified atom stereocenters. The van der Waals surface area contributed by atoms with Crippen molar-refractivity contribution in [2.75, 3.05) is 0 Å². The van der Waals surface area contributed by atoms with Crippen molar-refractivity contribution in [3.8, 4) is 11.1 Å². The first-order chi connectivity index (χ1) is 7.18. The minimum atomic E-state index is -1.44. The van der Waals surface area contributed by atoms with Crippen molar-refractivity contribution in [3.05, 3.63) is 59.9 Å². The molecule has 3 heteroatoms. The number of hydrogen-bond donors (Lipinski definition) is 0. The van der Waals surface area contributed by atoms with Gasteiger partial charge in [0.2, 0.25) is 0 Å². The van der Waals surface area contributed by atoms with Crippen LogP contribution in [0.15, 0.2) is 36.4 Å². The average molecular weight is 207 g/mol. The Kier molecular flexibility index (Phi) is 2.46. The molecule has 0 aromatic heterocycles. The highest BCUT2D eigenvalue weighted by Gasteiger charge is 2.10. The van der Waals surface area contributed by atoms with Gasteiger partial charge in [-0.05, 0) is 29.3 Å². The molecule has 0 saturated heterocycles. The molecular formula is C12H6F3. The maximum atomic E-state index is 12.9. The van der Waals surface area contributed by atoms with E-state index in [-0.39, 0.29) is 0 Å². The molecule has 75 valence electrons. The Hall–Kier alpha value is -1.77. The van der Waals surface area contributed by atoms with Crippen LogP contribution in [0.3, 0.4) is 0 Å². The SMILES string of the molecule is Fc1cc(-c2cc[c]cc2)cc(F)c1F. The number of halogens is 3. The second kappa shape index (κ2) is 3.77. The molecule has 0 N–H and O–H groups in total. The summed E-state index contributed by atoms with van der Waals surface area (Å²) in [6, 6.07) is 11.2. The zero-order valence-corrected chi connectivity index (χ0v) is 7.60. The van der Waals surface area contributed by atoms with Crippen LogP contribution in [-0.2, 0) is 0 Å². The minimum absolute atomic E-state index is 0.306. The molecule has 1 radical (unpaired) electrons. The molecule has 15 heavy (non-hydrogen) atoms. The van der Waals surface area contributed by atoms with E-state index in [4.69, 9.17) is 0 Å². The second-order valence-electron chi connectivity index (χ2n) is 3.04. The summed E-state index contributed by atoms with van der Waals surface area (Å²) < 4.78 is 38.5. The predicted octanol–water partition coefficient (Wildman–Crippen LogP) is 3.57. The van der Waals surface area contributed by atoms with Gasteiger partial charge < -0.3 is 0 Å². The van der Waals surface area contributed by atoms with Crippen molar-refractivity contribution in [1.82, 2.24) is 0 Å². The number of hydrogen-bond acceptors (Lipinski definition) is 0. The van der Waals surface area contributed by atoms with E-state index in [9.17, 15) is 13.2 Å². The highest BCUT2D eigenvalue weighted by molar-refractivity contribution is 5.63. The summed E-state index contributed by atoms with van der Waals surface area (Å²) in [5.41, 5.74) is 0.923. The predicted molar refractivity (Wildman–Crippen MR) is 50.6 cm³/mol. The molecule has 0 atom stereocenters. The quantitative estimate of drug-likeness (QED) is 0.627. The molecule has 0 saturated carbocycles. The number of rotatable bonds is 1. The van der Waals surface area contributed by atoms with Crippen LogP contribution < -0.4 is 0 Å². The summed E-state index contributed by atoms with van der Waals surface area (Å²) in [6.07, 6.45) is 0. The Morgan fingerprint density at radius 2 is 1.33 bits per heavy atom. The molecule has 0 aliphatic carbocycles. The maximum Gasteiger partial charge on any atom is 0.194 e. The van der Waals surface area contributed by atoms with E-state index in [0.717, 1.165) is 12.1 Å². The van der Waals surface area contributed by atoms with Crippen LogP contribution >= 0.6 is 0 Å². The van der Waals surface area contributed by atoms with Crippen molar-refractivity contribution in [2.24, 2.45) is 0 Å². The van der Waals surface area contributed by atoms with Crippen LogP contribution in [0.5, 0.6) is 0 Å². The standard InChI is InChI=1S/C12H6F3/c13-10-6-9(7-11(14)12(10)15)8-4-2-1-3-5-8/h2-7H. The lowest BCUT2D eigenvalue weighted by molar-refractivity contribution is 0.448. The van der Waals surface area contributed by atoms with E-state index in [1.165, 1.54) is 0 Å². The Balaban J connectivity index is 2.56. The lowest BCUT2D eigenvalue weighted by atomic mass is 10.1. The summed E-state index contributed by atoms with van der Waals surface area (Å²) >= 11 is 0. The van der Waals surface area contributed by atoms with E-state index >= 15 is 0 Å². The second-order valence-corrected chi connectivity index (χ2v) is 3.04. The van der Waals surface area contributed by atoms with Crippen molar-refractivity contribution in [2.45, 2.75) is 0 Å². The van der Waals surface area contributed by atoms with E-state index in [2.05, 4.69) is 6.07 Å². The fourth-order valence-corrected chi connectivity index (χ4v) is 1.30. The van der Waals surface area contributed by atoms with Crippen molar-refractivity contribution < 1.29 is 13.2 Å². The van der Waals surface area contributed by atoms with Gasteiger partial charge in [0.05, 0.1) is 0 Å². The first kappa shape index (κ1) is 9.77. The summed E-state index contributed by atoms with van der Waals surface area (Å²) in [4.78, 5) is 0. The molecule has 0 aliphatic heterocycles. The Labute approximate surface area is 85.0 Å². The van der Waals surface area contributed by atoms with Gasteiger partial charge in [-0.15, -0.1) is 0 Å². The summed E-state index contributed by atoms with van der Waals surface area (Å²) in [5.74, 6) is -3.81. The van der Waals surface area contributed by atoms with Gasteiger partial charge in [-0.3, -0.25) is 0 Å². The third-order valence-electron chi connectivity index (χ3n) is 2.04. The molecule has 0 nitrogen and oxygen atoms in total. The van der Waals surface area contributed by atoms with E-state index in [0.29, 0.717) is 11.1 Å². The molecule has 0 heterocycles. The Bertz CT molecular complexity index is 454. The van der Waals surface area contributed by atoms with Crippen LogP contribution in [0.1, 0.15) is 0 Å². The van der Waals surface area contributed by atoms with Crippen molar-refractivity contribution in [3.63, 3.8) is 0 Å². The van der Waals surface area contributed by atoms with E-state index in [1.54, 1.807) is 24.3 Å². The molecule has 2 aromatic rings. The van der Waals surface area contributed by atoms with E-state index in [1.807, 2.05) is 0 Å². The van der Waals surface area contributed by atoms with Crippen LogP contribution in [0.2, 0.25) is 0 Å². The monoisotopic (exact) mass is 207 g/mol. The van der Waals surface area contributed by atoms with E-state index < -0.39 is 17.5 Å². The topological polar surface area (TPSA) is 0 Å². The van der Waals surface area contributed by atoms with Gasteiger partial charge in [-0.2, -0.15) is 0 Å². The molecule has 0 spiro atoms. The summed E-state index contributed by atoms with van der Waals surface area (Å²) in [5, 5.41) is 0. The van der Waals surface area contributed by atoms with Gasteiger partial charge in [0.15, 0.2) is 17.5 Å². The largest absolute Gasteiger partial charge is 0.204 e. The van der Waals surface area contributed by atoms with Gasteiger partial charge in [-0.25, -0.2) is 13.2 Å². The van der Waals surface area contributed by atoms with Gasteiger partial charge in [0.1, 0.15) is 0 Å². The fourth-order valence-electron chi connectivity index (χ4n) is 1.30. The third-order valence-corrected chi connectivity index (χ3v) is 2.04. The maximum absolute atomic E-state index is 12.9. The van der Waals surface area contributed by atoms with Gasteiger partial charge in [0.25, 0.3) is 0 Å². The first-order valence-electron chi connectivity index (χ1n) is 4.29. The highest BCUT2D eigenvalue weighted by atomic mass is 19.2. The fraction of sp³-hybridized carbons (Fsp3) is 0. The number of benzene rings is 2. The van der Waals surface area contributed by atoms with Gasteiger partial charge >= 0.3 is 0 Å². The molecule has 0 bridgehead atoms. The Morgan fingerprint density at radius 1 is 0.800 bits per heavy atom. The van der Waals surface area contributed by atoms with Crippen LogP contribution in [0.4, 0.5) is 13.2 Å². The van der Waals surface area contributed by atoms with Crippen molar-refractivity contribution >= 4 is 0 Å². The lowest BCUT2D eigenvalue weighted by Crippen LogP contribution is -1.91.